The lowest BCUT2D eigenvalue weighted by Crippen LogP contribution is -2.31. The number of rotatable bonds is 6. The van der Waals surface area contributed by atoms with Crippen LogP contribution in [0.25, 0.3) is 0 Å². The molecule has 4 rings (SSSR count). The Kier molecular flexibility index (Phi) is 6.17. The number of carbonyl (C=O) groups is 5. The molecule has 1 aliphatic carbocycles. The number of esters is 1. The van der Waals surface area contributed by atoms with Crippen molar-refractivity contribution in [3.8, 4) is 0 Å². The Hall–Kier alpha value is -4.07. The van der Waals surface area contributed by atoms with Gasteiger partial charge in [0.25, 0.3) is 5.91 Å². The number of allylic oxidation sites excluding steroid dienone is 2. The molecule has 0 unspecified atom stereocenters. The van der Waals surface area contributed by atoms with Crippen molar-refractivity contribution in [2.75, 3.05) is 16.8 Å². The monoisotopic (exact) mass is 446 g/mol. The summed E-state index contributed by atoms with van der Waals surface area (Å²) in [6, 6.07) is 12.4. The van der Waals surface area contributed by atoms with Gasteiger partial charge < -0.3 is 10.1 Å². The summed E-state index contributed by atoms with van der Waals surface area (Å²) in [5, 5.41) is 2.58. The molecule has 0 bridgehead atoms. The maximum atomic E-state index is 12.8. The number of hydrogen-bond donors (Lipinski definition) is 1. The van der Waals surface area contributed by atoms with E-state index in [-0.39, 0.29) is 35.0 Å². The minimum absolute atomic E-state index is 0.0863. The highest BCUT2D eigenvalue weighted by atomic mass is 16.5. The summed E-state index contributed by atoms with van der Waals surface area (Å²) in [7, 11) is 0. The molecule has 1 aliphatic heterocycles. The van der Waals surface area contributed by atoms with Crippen molar-refractivity contribution < 1.29 is 28.7 Å². The van der Waals surface area contributed by atoms with Crippen LogP contribution in [0.3, 0.4) is 0 Å². The third kappa shape index (κ3) is 4.59. The highest BCUT2D eigenvalue weighted by molar-refractivity contribution is 6.22. The number of benzene rings is 2. The third-order valence-electron chi connectivity index (χ3n) is 5.76. The van der Waals surface area contributed by atoms with Gasteiger partial charge in [0.15, 0.2) is 12.4 Å². The van der Waals surface area contributed by atoms with Crippen molar-refractivity contribution in [3.05, 3.63) is 71.8 Å². The Labute approximate surface area is 190 Å². The number of carbonyl (C=O) groups excluding carboxylic acids is 5. The first-order valence-corrected chi connectivity index (χ1v) is 10.6. The maximum absolute atomic E-state index is 12.8. The fraction of sp³-hybridized carbons (Fsp3) is 0.240. The van der Waals surface area contributed by atoms with E-state index in [4.69, 9.17) is 4.74 Å². The first-order valence-electron chi connectivity index (χ1n) is 10.6. The van der Waals surface area contributed by atoms with Crippen LogP contribution < -0.4 is 10.2 Å². The van der Waals surface area contributed by atoms with Crippen molar-refractivity contribution in [3.63, 3.8) is 0 Å². The van der Waals surface area contributed by atoms with E-state index in [9.17, 15) is 24.0 Å². The van der Waals surface area contributed by atoms with Gasteiger partial charge in [-0.2, -0.15) is 0 Å². The Morgan fingerprint density at radius 1 is 0.939 bits per heavy atom. The van der Waals surface area contributed by atoms with Gasteiger partial charge in [-0.3, -0.25) is 24.1 Å². The molecule has 8 nitrogen and oxygen atoms in total. The SMILES string of the molecule is CC(=O)c1ccc(NC(=O)COC(=O)c2cccc(N3C(=O)[C@H]4CC=CC[C@@H]4C3=O)c2)cc1. The summed E-state index contributed by atoms with van der Waals surface area (Å²) < 4.78 is 5.09. The van der Waals surface area contributed by atoms with Crippen LogP contribution in [0.4, 0.5) is 11.4 Å². The summed E-state index contributed by atoms with van der Waals surface area (Å²) >= 11 is 0. The minimum Gasteiger partial charge on any atom is -0.452 e. The second-order valence-corrected chi connectivity index (χ2v) is 7.98. The molecule has 3 amide bonds. The van der Waals surface area contributed by atoms with Crippen molar-refractivity contribution in [2.45, 2.75) is 19.8 Å². The van der Waals surface area contributed by atoms with Gasteiger partial charge in [0.1, 0.15) is 0 Å². The minimum atomic E-state index is -0.753. The predicted octanol–water partition coefficient (Wildman–Crippen LogP) is 3.14. The number of imide groups is 1. The van der Waals surface area contributed by atoms with Crippen LogP contribution in [0, 0.1) is 11.8 Å². The van der Waals surface area contributed by atoms with Gasteiger partial charge in [-0.1, -0.05) is 18.2 Å². The number of nitrogens with one attached hydrogen (secondary N) is 1. The smallest absolute Gasteiger partial charge is 0.338 e. The van der Waals surface area contributed by atoms with Crippen LogP contribution in [0.15, 0.2) is 60.7 Å². The lowest BCUT2D eigenvalue weighted by atomic mass is 9.85. The number of ketones is 1. The summed E-state index contributed by atoms with van der Waals surface area (Å²) in [6.45, 7) is 0.927. The second kappa shape index (κ2) is 9.20. The predicted molar refractivity (Wildman–Crippen MR) is 120 cm³/mol. The highest BCUT2D eigenvalue weighted by Crippen LogP contribution is 2.37. The lowest BCUT2D eigenvalue weighted by molar-refractivity contribution is -0.122. The molecule has 2 atom stereocenters. The highest BCUT2D eigenvalue weighted by Gasteiger charge is 2.47. The second-order valence-electron chi connectivity index (χ2n) is 7.98. The average molecular weight is 446 g/mol. The topological polar surface area (TPSA) is 110 Å². The number of ether oxygens (including phenoxy) is 1. The summed E-state index contributed by atoms with van der Waals surface area (Å²) in [6.07, 6.45) is 4.87. The molecule has 1 saturated heterocycles. The van der Waals surface area contributed by atoms with E-state index in [0.29, 0.717) is 29.8 Å². The largest absolute Gasteiger partial charge is 0.452 e. The normalized spacial score (nSPS) is 19.2. The van der Waals surface area contributed by atoms with Crippen molar-refractivity contribution >= 4 is 40.8 Å². The zero-order valence-electron chi connectivity index (χ0n) is 17.9. The number of nitrogens with zero attached hydrogens (tertiary/aromatic N) is 1. The van der Waals surface area contributed by atoms with Crippen molar-refractivity contribution in [1.29, 1.82) is 0 Å². The number of anilines is 2. The fourth-order valence-electron chi connectivity index (χ4n) is 4.03. The molecular weight excluding hydrogens is 424 g/mol. The molecule has 0 radical (unpaired) electrons. The van der Waals surface area contributed by atoms with Crippen LogP contribution >= 0.6 is 0 Å². The standard InChI is InChI=1S/C25H22N2O6/c1-15(28)16-9-11-18(12-10-16)26-22(29)14-33-25(32)17-5-4-6-19(13-17)27-23(30)20-7-2-3-8-21(20)24(27)31/h2-6,9-13,20-21H,7-8,14H2,1H3,(H,26,29)/t20-,21-/m0/s1. The van der Waals surface area contributed by atoms with E-state index in [1.54, 1.807) is 36.4 Å². The molecule has 33 heavy (non-hydrogen) atoms. The summed E-state index contributed by atoms with van der Waals surface area (Å²) in [4.78, 5) is 62.6. The average Bonchev–Trinajstić information content (AvgIpc) is 3.08. The Morgan fingerprint density at radius 2 is 1.58 bits per heavy atom. The molecule has 0 saturated carbocycles. The number of Topliss-reactive ketones (excluding diaryl/α,β-unsaturated/α-hetero) is 1. The Bertz CT molecular complexity index is 1140. The van der Waals surface area contributed by atoms with E-state index >= 15 is 0 Å². The molecule has 168 valence electrons. The van der Waals surface area contributed by atoms with Crippen LogP contribution in [-0.2, 0) is 19.1 Å². The van der Waals surface area contributed by atoms with Gasteiger partial charge in [-0.05, 0) is 62.2 Å². The molecule has 2 aromatic carbocycles. The molecule has 0 spiro atoms. The Morgan fingerprint density at radius 3 is 2.18 bits per heavy atom. The Balaban J connectivity index is 1.38. The summed E-state index contributed by atoms with van der Waals surface area (Å²) in [5.74, 6) is -2.66. The molecule has 8 heteroatoms. The van der Waals surface area contributed by atoms with Crippen LogP contribution in [-0.4, -0.2) is 36.1 Å². The van der Waals surface area contributed by atoms with Crippen LogP contribution in [0.5, 0.6) is 0 Å². The van der Waals surface area contributed by atoms with Crippen molar-refractivity contribution in [1.82, 2.24) is 0 Å². The van der Waals surface area contributed by atoms with Gasteiger partial charge in [0, 0.05) is 11.3 Å². The van der Waals surface area contributed by atoms with E-state index in [0.717, 1.165) is 4.90 Å². The molecule has 1 heterocycles. The zero-order valence-corrected chi connectivity index (χ0v) is 17.9. The van der Waals surface area contributed by atoms with Gasteiger partial charge in [-0.25, -0.2) is 4.79 Å². The molecule has 0 aromatic heterocycles. The van der Waals surface area contributed by atoms with Crippen LogP contribution in [0.2, 0.25) is 0 Å². The summed E-state index contributed by atoms with van der Waals surface area (Å²) in [5.41, 5.74) is 1.42. The van der Waals surface area contributed by atoms with Crippen molar-refractivity contribution in [2.24, 2.45) is 11.8 Å². The number of fused-ring (bicyclic) bond motifs is 1. The number of amides is 3. The molecule has 2 aromatic rings. The molecular formula is C25H22N2O6. The fourth-order valence-corrected chi connectivity index (χ4v) is 4.03. The first kappa shape index (κ1) is 22.1. The van der Waals surface area contributed by atoms with Gasteiger partial charge in [-0.15, -0.1) is 0 Å². The zero-order chi connectivity index (χ0) is 23.5. The maximum Gasteiger partial charge on any atom is 0.338 e. The molecule has 1 fully saturated rings. The van der Waals surface area contributed by atoms with E-state index in [1.807, 2.05) is 12.2 Å². The number of hydrogen-bond acceptors (Lipinski definition) is 6. The van der Waals surface area contributed by atoms with Crippen LogP contribution in [0.1, 0.15) is 40.5 Å². The van der Waals surface area contributed by atoms with E-state index in [1.165, 1.54) is 19.1 Å². The molecule has 1 N–H and O–H groups in total. The van der Waals surface area contributed by atoms with Gasteiger partial charge in [0.2, 0.25) is 11.8 Å². The quantitative estimate of drug-likeness (QED) is 0.316. The van der Waals surface area contributed by atoms with E-state index < -0.39 is 18.5 Å². The van der Waals surface area contributed by atoms with E-state index in [2.05, 4.69) is 5.32 Å². The lowest BCUT2D eigenvalue weighted by Gasteiger charge is -2.15. The van der Waals surface area contributed by atoms with Gasteiger partial charge >= 0.3 is 5.97 Å². The molecule has 2 aliphatic rings. The first-order chi connectivity index (χ1) is 15.8. The van der Waals surface area contributed by atoms with Gasteiger partial charge in [0.05, 0.1) is 23.1 Å². The third-order valence-corrected chi connectivity index (χ3v) is 5.76.